The molecule has 0 bridgehead atoms. The van der Waals surface area contributed by atoms with E-state index in [2.05, 4.69) is 21.2 Å². The topological polar surface area (TPSA) is 29.1 Å². The van der Waals surface area contributed by atoms with Crippen LogP contribution < -0.4 is 5.32 Å². The molecular weight excluding hydrogens is 326 g/mol. The minimum absolute atomic E-state index is 0.202. The number of hydrogen-bond donors (Lipinski definition) is 1. The lowest BCUT2D eigenvalue weighted by Gasteiger charge is -2.05. The first-order chi connectivity index (χ1) is 9.15. The van der Waals surface area contributed by atoms with E-state index in [0.29, 0.717) is 10.7 Å². The molecule has 19 heavy (non-hydrogen) atoms. The number of rotatable bonds is 3. The third-order valence-corrected chi connectivity index (χ3v) is 3.34. The van der Waals surface area contributed by atoms with Gasteiger partial charge in [-0.15, -0.1) is 0 Å². The van der Waals surface area contributed by atoms with Gasteiger partial charge in [-0.1, -0.05) is 41.9 Å². The average Bonchev–Trinajstić information content (AvgIpc) is 2.42. The summed E-state index contributed by atoms with van der Waals surface area (Å²) in [5, 5.41) is 3.34. The quantitative estimate of drug-likeness (QED) is 0.805. The van der Waals surface area contributed by atoms with E-state index in [-0.39, 0.29) is 5.91 Å². The molecule has 0 saturated heterocycles. The van der Waals surface area contributed by atoms with Crippen LogP contribution in [0.25, 0.3) is 6.08 Å². The van der Waals surface area contributed by atoms with Crippen LogP contribution in [0.3, 0.4) is 0 Å². The van der Waals surface area contributed by atoms with Gasteiger partial charge in [0.15, 0.2) is 0 Å². The predicted molar refractivity (Wildman–Crippen MR) is 83.3 cm³/mol. The summed E-state index contributed by atoms with van der Waals surface area (Å²) in [6.07, 6.45) is 3.25. The smallest absolute Gasteiger partial charge is 0.248 e. The summed E-state index contributed by atoms with van der Waals surface area (Å²) in [5.41, 5.74) is 1.62. The SMILES string of the molecule is O=C(/C=C\c1ccccc1)Nc1cc(Cl)ccc1Br. The summed E-state index contributed by atoms with van der Waals surface area (Å²) in [6, 6.07) is 14.9. The Balaban J connectivity index is 2.06. The van der Waals surface area contributed by atoms with E-state index in [1.165, 1.54) is 6.08 Å². The lowest BCUT2D eigenvalue weighted by atomic mass is 10.2. The second-order valence-electron chi connectivity index (χ2n) is 3.86. The number of carbonyl (C=O) groups excluding carboxylic acids is 1. The number of hydrogen-bond acceptors (Lipinski definition) is 1. The second-order valence-corrected chi connectivity index (χ2v) is 5.15. The van der Waals surface area contributed by atoms with Crippen molar-refractivity contribution in [2.24, 2.45) is 0 Å². The standard InChI is InChI=1S/C15H11BrClNO/c16-13-8-7-12(17)10-14(13)18-15(19)9-6-11-4-2-1-3-5-11/h1-10H,(H,18,19)/b9-6-. The minimum atomic E-state index is -0.202. The zero-order valence-electron chi connectivity index (χ0n) is 9.94. The van der Waals surface area contributed by atoms with Crippen molar-refractivity contribution < 1.29 is 4.79 Å². The van der Waals surface area contributed by atoms with Crippen molar-refractivity contribution in [2.75, 3.05) is 5.32 Å². The molecule has 0 aliphatic carbocycles. The first kappa shape index (κ1) is 13.8. The van der Waals surface area contributed by atoms with E-state index in [4.69, 9.17) is 11.6 Å². The van der Waals surface area contributed by atoms with Gasteiger partial charge in [-0.05, 0) is 45.8 Å². The monoisotopic (exact) mass is 335 g/mol. The van der Waals surface area contributed by atoms with E-state index in [1.54, 1.807) is 24.3 Å². The number of anilines is 1. The normalized spacial score (nSPS) is 10.6. The highest BCUT2D eigenvalue weighted by Gasteiger charge is 2.03. The van der Waals surface area contributed by atoms with Gasteiger partial charge in [-0.25, -0.2) is 0 Å². The molecule has 0 heterocycles. The van der Waals surface area contributed by atoms with Gasteiger partial charge < -0.3 is 5.32 Å². The number of amides is 1. The van der Waals surface area contributed by atoms with Crippen LogP contribution in [0.4, 0.5) is 5.69 Å². The average molecular weight is 337 g/mol. The lowest BCUT2D eigenvalue weighted by molar-refractivity contribution is -0.111. The molecule has 1 amide bonds. The lowest BCUT2D eigenvalue weighted by Crippen LogP contribution is -2.08. The van der Waals surface area contributed by atoms with Gasteiger partial charge in [-0.2, -0.15) is 0 Å². The molecule has 0 atom stereocenters. The van der Waals surface area contributed by atoms with E-state index in [0.717, 1.165) is 10.0 Å². The maximum atomic E-state index is 11.8. The molecule has 0 radical (unpaired) electrons. The molecule has 0 saturated carbocycles. The summed E-state index contributed by atoms with van der Waals surface area (Å²) in [4.78, 5) is 11.8. The van der Waals surface area contributed by atoms with Crippen molar-refractivity contribution in [2.45, 2.75) is 0 Å². The van der Waals surface area contributed by atoms with Crippen LogP contribution in [-0.4, -0.2) is 5.91 Å². The van der Waals surface area contributed by atoms with Gasteiger partial charge in [0.25, 0.3) is 0 Å². The Morgan fingerprint density at radius 2 is 1.89 bits per heavy atom. The van der Waals surface area contributed by atoms with Gasteiger partial charge >= 0.3 is 0 Å². The molecule has 0 aromatic heterocycles. The second kappa shape index (κ2) is 6.55. The maximum absolute atomic E-state index is 11.8. The Kier molecular flexibility index (Phi) is 4.77. The fraction of sp³-hybridized carbons (Fsp3) is 0. The minimum Gasteiger partial charge on any atom is -0.321 e. The molecular formula is C15H11BrClNO. The van der Waals surface area contributed by atoms with Crippen molar-refractivity contribution in [3.8, 4) is 0 Å². The Morgan fingerprint density at radius 1 is 1.16 bits per heavy atom. The Labute approximate surface area is 125 Å². The number of benzene rings is 2. The van der Waals surface area contributed by atoms with E-state index >= 15 is 0 Å². The highest BCUT2D eigenvalue weighted by molar-refractivity contribution is 9.10. The van der Waals surface area contributed by atoms with Crippen LogP contribution in [-0.2, 0) is 4.79 Å². The van der Waals surface area contributed by atoms with Crippen LogP contribution in [0.2, 0.25) is 5.02 Å². The Hall–Kier alpha value is -1.58. The van der Waals surface area contributed by atoms with Crippen LogP contribution in [0.15, 0.2) is 59.1 Å². The highest BCUT2D eigenvalue weighted by atomic mass is 79.9. The largest absolute Gasteiger partial charge is 0.321 e. The van der Waals surface area contributed by atoms with Crippen molar-refractivity contribution in [3.05, 3.63) is 69.7 Å². The summed E-state index contributed by atoms with van der Waals surface area (Å²) in [6.45, 7) is 0. The van der Waals surface area contributed by atoms with E-state index in [9.17, 15) is 4.79 Å². The summed E-state index contributed by atoms with van der Waals surface area (Å²) < 4.78 is 0.790. The fourth-order valence-corrected chi connectivity index (χ4v) is 2.02. The van der Waals surface area contributed by atoms with E-state index in [1.807, 2.05) is 30.3 Å². The highest BCUT2D eigenvalue weighted by Crippen LogP contribution is 2.25. The molecule has 1 N–H and O–H groups in total. The van der Waals surface area contributed by atoms with Gasteiger partial charge in [0, 0.05) is 15.6 Å². The maximum Gasteiger partial charge on any atom is 0.248 e. The van der Waals surface area contributed by atoms with Crippen LogP contribution >= 0.6 is 27.5 Å². The van der Waals surface area contributed by atoms with Gasteiger partial charge in [0.1, 0.15) is 0 Å². The molecule has 96 valence electrons. The Morgan fingerprint density at radius 3 is 2.63 bits per heavy atom. The van der Waals surface area contributed by atoms with Crippen LogP contribution in [0.1, 0.15) is 5.56 Å². The third-order valence-electron chi connectivity index (χ3n) is 2.41. The molecule has 0 aliphatic heterocycles. The molecule has 0 aliphatic rings. The van der Waals surface area contributed by atoms with Crippen molar-refractivity contribution in [1.82, 2.24) is 0 Å². The van der Waals surface area contributed by atoms with Crippen molar-refractivity contribution in [1.29, 1.82) is 0 Å². The van der Waals surface area contributed by atoms with Crippen molar-refractivity contribution in [3.63, 3.8) is 0 Å². The number of nitrogens with one attached hydrogen (secondary N) is 1. The first-order valence-corrected chi connectivity index (χ1v) is 6.81. The van der Waals surface area contributed by atoms with Gasteiger partial charge in [0.05, 0.1) is 5.69 Å². The van der Waals surface area contributed by atoms with Crippen LogP contribution in [0.5, 0.6) is 0 Å². The molecule has 2 rings (SSSR count). The molecule has 4 heteroatoms. The van der Waals surface area contributed by atoms with Crippen LogP contribution in [0, 0.1) is 0 Å². The molecule has 0 spiro atoms. The van der Waals surface area contributed by atoms with Crippen molar-refractivity contribution >= 4 is 45.2 Å². The number of halogens is 2. The molecule has 2 aromatic carbocycles. The summed E-state index contributed by atoms with van der Waals surface area (Å²) in [7, 11) is 0. The Bertz CT molecular complexity index is 611. The third kappa shape index (κ3) is 4.23. The summed E-state index contributed by atoms with van der Waals surface area (Å²) in [5.74, 6) is -0.202. The number of carbonyl (C=O) groups is 1. The fourth-order valence-electron chi connectivity index (χ4n) is 1.50. The predicted octanol–water partition coefficient (Wildman–Crippen LogP) is 4.75. The zero-order valence-corrected chi connectivity index (χ0v) is 12.3. The van der Waals surface area contributed by atoms with Gasteiger partial charge in [0.2, 0.25) is 5.91 Å². The van der Waals surface area contributed by atoms with E-state index < -0.39 is 0 Å². The summed E-state index contributed by atoms with van der Waals surface area (Å²) >= 11 is 9.24. The molecule has 0 fully saturated rings. The zero-order chi connectivity index (χ0) is 13.7. The van der Waals surface area contributed by atoms with Gasteiger partial charge in [-0.3, -0.25) is 4.79 Å². The molecule has 2 nitrogen and oxygen atoms in total. The molecule has 0 unspecified atom stereocenters. The first-order valence-electron chi connectivity index (χ1n) is 5.64. The molecule has 2 aromatic rings.